The lowest BCUT2D eigenvalue weighted by molar-refractivity contribution is -0.143. The van der Waals surface area contributed by atoms with Crippen molar-refractivity contribution >= 4 is 25.8 Å². The highest BCUT2D eigenvalue weighted by Crippen LogP contribution is 2.32. The Hall–Kier alpha value is -1.36. The SMILES string of the molecule is Cn1cc(Br)c(CS(=O)(=O)Cc2conc2C(F)(F)F)n1. The molecule has 116 valence electrons. The first-order chi connectivity index (χ1) is 9.58. The molecule has 2 aromatic rings. The zero-order valence-corrected chi connectivity index (χ0v) is 13.0. The zero-order chi connectivity index (χ0) is 15.8. The molecule has 0 amide bonds. The molecule has 2 rings (SSSR count). The Morgan fingerprint density at radius 1 is 1.38 bits per heavy atom. The van der Waals surface area contributed by atoms with Crippen molar-refractivity contribution in [2.75, 3.05) is 0 Å². The van der Waals surface area contributed by atoms with Crippen molar-refractivity contribution in [3.05, 3.63) is 33.9 Å². The van der Waals surface area contributed by atoms with Crippen LogP contribution in [0, 0.1) is 0 Å². The molecular weight excluding hydrogens is 379 g/mol. The molecule has 0 aliphatic carbocycles. The molecular formula is C10H9BrF3N3O3S. The third-order valence-electron chi connectivity index (χ3n) is 2.50. The lowest BCUT2D eigenvalue weighted by atomic mass is 10.3. The fraction of sp³-hybridized carbons (Fsp3) is 0.400. The maximum atomic E-state index is 12.6. The molecule has 0 aromatic carbocycles. The second kappa shape index (κ2) is 5.44. The molecule has 0 unspecified atom stereocenters. The van der Waals surface area contributed by atoms with E-state index in [4.69, 9.17) is 0 Å². The fourth-order valence-electron chi connectivity index (χ4n) is 1.69. The summed E-state index contributed by atoms with van der Waals surface area (Å²) in [4.78, 5) is 0. The molecule has 2 heterocycles. The molecule has 11 heteroatoms. The van der Waals surface area contributed by atoms with Crippen LogP contribution in [-0.4, -0.2) is 23.4 Å². The largest absolute Gasteiger partial charge is 0.437 e. The van der Waals surface area contributed by atoms with Crippen molar-refractivity contribution in [1.82, 2.24) is 14.9 Å². The minimum absolute atomic E-state index is 0.225. The van der Waals surface area contributed by atoms with Crippen molar-refractivity contribution in [3.63, 3.8) is 0 Å². The van der Waals surface area contributed by atoms with E-state index in [9.17, 15) is 21.6 Å². The van der Waals surface area contributed by atoms with E-state index in [0.29, 0.717) is 10.7 Å². The van der Waals surface area contributed by atoms with Gasteiger partial charge in [-0.05, 0) is 15.9 Å². The van der Waals surface area contributed by atoms with Gasteiger partial charge in [0.15, 0.2) is 15.5 Å². The average Bonchev–Trinajstić information content (AvgIpc) is 2.84. The lowest BCUT2D eigenvalue weighted by Gasteiger charge is -2.05. The van der Waals surface area contributed by atoms with Gasteiger partial charge in [0, 0.05) is 18.8 Å². The summed E-state index contributed by atoms with van der Waals surface area (Å²) in [6, 6.07) is 0. The van der Waals surface area contributed by atoms with Gasteiger partial charge < -0.3 is 4.52 Å². The number of halogens is 4. The highest BCUT2D eigenvalue weighted by molar-refractivity contribution is 9.10. The smallest absolute Gasteiger partial charge is 0.364 e. The van der Waals surface area contributed by atoms with Gasteiger partial charge in [-0.1, -0.05) is 5.16 Å². The number of aryl methyl sites for hydroxylation is 1. The summed E-state index contributed by atoms with van der Waals surface area (Å²) in [5.41, 5.74) is -1.62. The van der Waals surface area contributed by atoms with Crippen LogP contribution >= 0.6 is 15.9 Å². The predicted octanol–water partition coefficient (Wildman–Crippen LogP) is 2.30. The van der Waals surface area contributed by atoms with E-state index < -0.39 is 38.8 Å². The highest BCUT2D eigenvalue weighted by Gasteiger charge is 2.38. The molecule has 2 aromatic heterocycles. The summed E-state index contributed by atoms with van der Waals surface area (Å²) in [6.45, 7) is 0. The van der Waals surface area contributed by atoms with Crippen molar-refractivity contribution in [2.24, 2.45) is 7.05 Å². The summed E-state index contributed by atoms with van der Waals surface area (Å²) in [5, 5.41) is 6.73. The minimum Gasteiger partial charge on any atom is -0.364 e. The molecule has 0 saturated heterocycles. The Kier molecular flexibility index (Phi) is 4.15. The van der Waals surface area contributed by atoms with Gasteiger partial charge in [-0.3, -0.25) is 4.68 Å². The van der Waals surface area contributed by atoms with Crippen molar-refractivity contribution in [3.8, 4) is 0 Å². The molecule has 0 aliphatic heterocycles. The predicted molar refractivity (Wildman–Crippen MR) is 68.7 cm³/mol. The molecule has 0 spiro atoms. The number of alkyl halides is 3. The fourth-order valence-corrected chi connectivity index (χ4v) is 3.80. The Morgan fingerprint density at radius 3 is 2.57 bits per heavy atom. The second-order valence-corrected chi connectivity index (χ2v) is 7.23. The van der Waals surface area contributed by atoms with Gasteiger partial charge in [-0.25, -0.2) is 8.42 Å². The maximum Gasteiger partial charge on any atom is 0.437 e. The molecule has 0 radical (unpaired) electrons. The van der Waals surface area contributed by atoms with Crippen LogP contribution in [0.25, 0.3) is 0 Å². The van der Waals surface area contributed by atoms with Gasteiger partial charge in [0.2, 0.25) is 0 Å². The minimum atomic E-state index is -4.76. The topological polar surface area (TPSA) is 78.0 Å². The number of rotatable bonds is 4. The number of hydrogen-bond acceptors (Lipinski definition) is 5. The van der Waals surface area contributed by atoms with Crippen LogP contribution in [0.15, 0.2) is 21.5 Å². The van der Waals surface area contributed by atoms with E-state index in [2.05, 4.69) is 30.7 Å². The van der Waals surface area contributed by atoms with Gasteiger partial charge in [0.25, 0.3) is 0 Å². The quantitative estimate of drug-likeness (QED) is 0.804. The molecule has 6 nitrogen and oxygen atoms in total. The van der Waals surface area contributed by atoms with Crippen LogP contribution in [-0.2, 0) is 34.6 Å². The summed E-state index contributed by atoms with van der Waals surface area (Å²) in [7, 11) is -2.26. The van der Waals surface area contributed by atoms with E-state index in [1.165, 1.54) is 4.68 Å². The lowest BCUT2D eigenvalue weighted by Crippen LogP contribution is -2.14. The number of aromatic nitrogens is 3. The van der Waals surface area contributed by atoms with Crippen LogP contribution in [0.1, 0.15) is 17.0 Å². The average molecular weight is 388 g/mol. The summed E-state index contributed by atoms with van der Waals surface area (Å²) in [5.74, 6) is -1.31. The summed E-state index contributed by atoms with van der Waals surface area (Å²) >= 11 is 3.14. The van der Waals surface area contributed by atoms with Gasteiger partial charge in [-0.2, -0.15) is 18.3 Å². The third kappa shape index (κ3) is 3.84. The number of hydrogen-bond donors (Lipinski definition) is 0. The molecule has 0 N–H and O–H groups in total. The third-order valence-corrected chi connectivity index (χ3v) is 4.62. The van der Waals surface area contributed by atoms with E-state index >= 15 is 0 Å². The Labute approximate surface area is 126 Å². The Balaban J connectivity index is 2.23. The molecule has 0 atom stereocenters. The first-order valence-electron chi connectivity index (χ1n) is 5.47. The number of nitrogens with zero attached hydrogens (tertiary/aromatic N) is 3. The monoisotopic (exact) mass is 387 g/mol. The van der Waals surface area contributed by atoms with Gasteiger partial charge in [0.05, 0.1) is 21.7 Å². The summed E-state index contributed by atoms with van der Waals surface area (Å²) < 4.78 is 67.9. The van der Waals surface area contributed by atoms with Gasteiger partial charge in [-0.15, -0.1) is 0 Å². The standard InChI is InChI=1S/C10H9BrF3N3O3S/c1-17-2-7(11)8(15-17)5-21(18,19)4-6-3-20-16-9(6)10(12,13)14/h2-3H,4-5H2,1H3. The van der Waals surface area contributed by atoms with Crippen molar-refractivity contribution in [1.29, 1.82) is 0 Å². The van der Waals surface area contributed by atoms with Crippen LogP contribution in [0.3, 0.4) is 0 Å². The first-order valence-corrected chi connectivity index (χ1v) is 8.09. The first kappa shape index (κ1) is 16.0. The van der Waals surface area contributed by atoms with Gasteiger partial charge in [0.1, 0.15) is 6.26 Å². The van der Waals surface area contributed by atoms with Crippen molar-refractivity contribution < 1.29 is 26.1 Å². The molecule has 21 heavy (non-hydrogen) atoms. The molecule has 0 saturated carbocycles. The number of sulfone groups is 1. The van der Waals surface area contributed by atoms with E-state index in [-0.39, 0.29) is 5.69 Å². The normalized spacial score (nSPS) is 12.8. The molecule has 0 aliphatic rings. The molecule has 0 bridgehead atoms. The molecule has 0 fully saturated rings. The maximum absolute atomic E-state index is 12.6. The second-order valence-electron chi connectivity index (χ2n) is 4.32. The van der Waals surface area contributed by atoms with E-state index in [0.717, 1.165) is 0 Å². The van der Waals surface area contributed by atoms with Crippen LogP contribution < -0.4 is 0 Å². The van der Waals surface area contributed by atoms with E-state index in [1.807, 2.05) is 0 Å². The van der Waals surface area contributed by atoms with Crippen LogP contribution in [0.2, 0.25) is 0 Å². The van der Waals surface area contributed by atoms with Gasteiger partial charge >= 0.3 is 6.18 Å². The Morgan fingerprint density at radius 2 is 2.05 bits per heavy atom. The van der Waals surface area contributed by atoms with Crippen molar-refractivity contribution in [2.45, 2.75) is 17.7 Å². The zero-order valence-electron chi connectivity index (χ0n) is 10.6. The Bertz CT molecular complexity index is 751. The van der Waals surface area contributed by atoms with Crippen LogP contribution in [0.4, 0.5) is 13.2 Å². The highest BCUT2D eigenvalue weighted by atomic mass is 79.9. The summed E-state index contributed by atoms with van der Waals surface area (Å²) in [6.07, 6.45) is -2.53. The van der Waals surface area contributed by atoms with E-state index in [1.54, 1.807) is 13.2 Å². The van der Waals surface area contributed by atoms with Crippen LogP contribution in [0.5, 0.6) is 0 Å².